The van der Waals surface area contributed by atoms with E-state index in [0.717, 1.165) is 38.4 Å². The van der Waals surface area contributed by atoms with E-state index in [0.29, 0.717) is 13.1 Å². The normalized spacial score (nSPS) is 20.5. The van der Waals surface area contributed by atoms with Gasteiger partial charge in [0.2, 0.25) is 0 Å². The molecule has 1 fully saturated rings. The monoisotopic (exact) mass is 303 g/mol. The zero-order valence-electron chi connectivity index (χ0n) is 11.7. The number of aliphatic hydroxyl groups is 1. The second-order valence-electron chi connectivity index (χ2n) is 5.28. The highest BCUT2D eigenvalue weighted by Gasteiger charge is 2.32. The van der Waals surface area contributed by atoms with E-state index in [9.17, 15) is 18.3 Å². The number of likely N-dealkylation sites (tertiary alicyclic amines) is 1. The summed E-state index contributed by atoms with van der Waals surface area (Å²) < 4.78 is 37.5. The smallest absolute Gasteiger partial charge is 0.392 e. The third-order valence-electron chi connectivity index (χ3n) is 3.48. The van der Waals surface area contributed by atoms with Gasteiger partial charge in [0, 0.05) is 13.1 Å². The minimum atomic E-state index is -4.42. The lowest BCUT2D eigenvalue weighted by molar-refractivity contribution is -0.141. The molecule has 0 amide bonds. The summed E-state index contributed by atoms with van der Waals surface area (Å²) in [6.07, 6.45) is -2.03. The average Bonchev–Trinajstić information content (AvgIpc) is 2.43. The van der Waals surface area contributed by atoms with Gasteiger partial charge in [0.25, 0.3) is 0 Å². The van der Waals surface area contributed by atoms with Crippen molar-refractivity contribution in [1.82, 2.24) is 9.88 Å². The molecular formula is C14H20F3N3O. The van der Waals surface area contributed by atoms with Gasteiger partial charge >= 0.3 is 6.18 Å². The molecule has 0 saturated carbocycles. The number of nitrogens with zero attached hydrogens (tertiary/aromatic N) is 2. The summed E-state index contributed by atoms with van der Waals surface area (Å²) in [6.45, 7) is 3.03. The Hall–Kier alpha value is -1.34. The van der Waals surface area contributed by atoms with Crippen LogP contribution < -0.4 is 5.32 Å². The summed E-state index contributed by atoms with van der Waals surface area (Å²) in [5, 5.41) is 12.5. The zero-order chi connectivity index (χ0) is 15.3. The van der Waals surface area contributed by atoms with Crippen LogP contribution in [0.15, 0.2) is 18.2 Å². The summed E-state index contributed by atoms with van der Waals surface area (Å²) in [7, 11) is 0. The number of hydrogen-bond acceptors (Lipinski definition) is 4. The van der Waals surface area contributed by atoms with Gasteiger partial charge in [-0.25, -0.2) is 4.98 Å². The number of hydrogen-bond donors (Lipinski definition) is 2. The van der Waals surface area contributed by atoms with Crippen LogP contribution >= 0.6 is 0 Å². The van der Waals surface area contributed by atoms with Crippen LogP contribution in [0.4, 0.5) is 19.0 Å². The van der Waals surface area contributed by atoms with Gasteiger partial charge in [-0.3, -0.25) is 0 Å². The number of β-amino-alcohol motifs (C(OH)–C–C–N with tert-alkyl or cyclic N) is 1. The first kappa shape index (κ1) is 16.0. The van der Waals surface area contributed by atoms with Gasteiger partial charge in [-0.1, -0.05) is 6.07 Å². The molecule has 1 saturated heterocycles. The molecule has 1 aromatic heterocycles. The lowest BCUT2D eigenvalue weighted by atomic mass is 10.1. The summed E-state index contributed by atoms with van der Waals surface area (Å²) in [6, 6.07) is 3.83. The molecule has 0 aliphatic carbocycles. The summed E-state index contributed by atoms with van der Waals surface area (Å²) in [4.78, 5) is 5.73. The van der Waals surface area contributed by atoms with E-state index in [4.69, 9.17) is 0 Å². The van der Waals surface area contributed by atoms with Gasteiger partial charge in [-0.15, -0.1) is 0 Å². The standard InChI is InChI=1S/C14H20F3N3O/c15-14(16,17)12-5-1-6-13(19-12)18-7-3-9-20-8-2-4-11(21)10-20/h1,5-6,11,21H,2-4,7-10H2,(H,18,19)/t11-/m0/s1. The van der Waals surface area contributed by atoms with Crippen LogP contribution in [0.1, 0.15) is 25.0 Å². The second kappa shape index (κ2) is 7.09. The van der Waals surface area contributed by atoms with Crippen molar-refractivity contribution in [2.75, 3.05) is 31.5 Å². The third-order valence-corrected chi connectivity index (χ3v) is 3.48. The van der Waals surface area contributed by atoms with Crippen molar-refractivity contribution in [3.8, 4) is 0 Å². The van der Waals surface area contributed by atoms with Gasteiger partial charge in [-0.05, 0) is 44.5 Å². The van der Waals surface area contributed by atoms with Crippen LogP contribution in [0.5, 0.6) is 0 Å². The fourth-order valence-electron chi connectivity index (χ4n) is 2.44. The van der Waals surface area contributed by atoms with Gasteiger partial charge in [0.15, 0.2) is 0 Å². The van der Waals surface area contributed by atoms with Crippen molar-refractivity contribution in [3.63, 3.8) is 0 Å². The maximum absolute atomic E-state index is 12.5. The molecule has 2 rings (SSSR count). The molecular weight excluding hydrogens is 283 g/mol. The van der Waals surface area contributed by atoms with Gasteiger partial charge in [-0.2, -0.15) is 13.2 Å². The summed E-state index contributed by atoms with van der Waals surface area (Å²) >= 11 is 0. The number of rotatable bonds is 5. The highest BCUT2D eigenvalue weighted by atomic mass is 19.4. The predicted octanol–water partition coefficient (Wildman–Crippen LogP) is 2.36. The largest absolute Gasteiger partial charge is 0.433 e. The SMILES string of the molecule is O[C@H]1CCCN(CCCNc2cccc(C(F)(F)F)n2)C1. The van der Waals surface area contributed by atoms with Crippen molar-refractivity contribution in [1.29, 1.82) is 0 Å². The van der Waals surface area contributed by atoms with E-state index in [1.165, 1.54) is 12.1 Å². The Morgan fingerprint density at radius 1 is 1.38 bits per heavy atom. The maximum Gasteiger partial charge on any atom is 0.433 e. The lowest BCUT2D eigenvalue weighted by Gasteiger charge is -2.29. The molecule has 2 heterocycles. The third kappa shape index (κ3) is 5.17. The molecule has 0 bridgehead atoms. The van der Waals surface area contributed by atoms with Crippen LogP contribution in [-0.2, 0) is 6.18 Å². The van der Waals surface area contributed by atoms with Gasteiger partial charge in [0.1, 0.15) is 11.5 Å². The van der Waals surface area contributed by atoms with Gasteiger partial charge < -0.3 is 15.3 Å². The van der Waals surface area contributed by atoms with Crippen molar-refractivity contribution in [3.05, 3.63) is 23.9 Å². The quantitative estimate of drug-likeness (QED) is 0.820. The topological polar surface area (TPSA) is 48.4 Å². The molecule has 7 heteroatoms. The Kier molecular flexibility index (Phi) is 5.41. The van der Waals surface area contributed by atoms with Crippen molar-refractivity contribution in [2.45, 2.75) is 31.5 Å². The number of halogens is 3. The molecule has 1 aliphatic rings. The second-order valence-corrected chi connectivity index (χ2v) is 5.28. The first-order valence-electron chi connectivity index (χ1n) is 7.14. The number of nitrogens with one attached hydrogen (secondary N) is 1. The molecule has 0 radical (unpaired) electrons. The Balaban J connectivity index is 1.73. The number of pyridine rings is 1. The molecule has 1 aliphatic heterocycles. The summed E-state index contributed by atoms with van der Waals surface area (Å²) in [5.41, 5.74) is -0.883. The van der Waals surface area contributed by atoms with Crippen LogP contribution in [-0.4, -0.2) is 47.3 Å². The van der Waals surface area contributed by atoms with E-state index in [1.807, 2.05) is 0 Å². The van der Waals surface area contributed by atoms with E-state index >= 15 is 0 Å². The molecule has 1 aromatic rings. The van der Waals surface area contributed by atoms with Crippen molar-refractivity contribution in [2.24, 2.45) is 0 Å². The molecule has 0 spiro atoms. The van der Waals surface area contributed by atoms with Crippen LogP contribution in [0.3, 0.4) is 0 Å². The Labute approximate surface area is 122 Å². The van der Waals surface area contributed by atoms with E-state index in [-0.39, 0.29) is 11.9 Å². The molecule has 2 N–H and O–H groups in total. The number of piperidine rings is 1. The number of aliphatic hydroxyl groups excluding tert-OH is 1. The Bertz CT molecular complexity index is 453. The highest BCUT2D eigenvalue weighted by Crippen LogP contribution is 2.28. The molecule has 4 nitrogen and oxygen atoms in total. The lowest BCUT2D eigenvalue weighted by Crippen LogP contribution is -2.39. The fourth-order valence-corrected chi connectivity index (χ4v) is 2.44. The molecule has 118 valence electrons. The predicted molar refractivity (Wildman–Crippen MR) is 74.0 cm³/mol. The highest BCUT2D eigenvalue weighted by molar-refractivity contribution is 5.35. The maximum atomic E-state index is 12.5. The van der Waals surface area contributed by atoms with Crippen molar-refractivity contribution < 1.29 is 18.3 Å². The van der Waals surface area contributed by atoms with Crippen LogP contribution in [0, 0.1) is 0 Å². The minimum Gasteiger partial charge on any atom is -0.392 e. The number of anilines is 1. The first-order chi connectivity index (χ1) is 9.95. The first-order valence-corrected chi connectivity index (χ1v) is 7.14. The minimum absolute atomic E-state index is 0.239. The van der Waals surface area contributed by atoms with Gasteiger partial charge in [0.05, 0.1) is 6.10 Å². The molecule has 0 aromatic carbocycles. The molecule has 1 atom stereocenters. The van der Waals surface area contributed by atoms with E-state index < -0.39 is 11.9 Å². The Morgan fingerprint density at radius 2 is 2.19 bits per heavy atom. The number of alkyl halides is 3. The van der Waals surface area contributed by atoms with E-state index in [1.54, 1.807) is 0 Å². The summed E-state index contributed by atoms with van der Waals surface area (Å²) in [5.74, 6) is 0.239. The number of aromatic nitrogens is 1. The molecule has 21 heavy (non-hydrogen) atoms. The zero-order valence-corrected chi connectivity index (χ0v) is 11.7. The van der Waals surface area contributed by atoms with Crippen LogP contribution in [0.2, 0.25) is 0 Å². The van der Waals surface area contributed by atoms with Crippen molar-refractivity contribution >= 4 is 5.82 Å². The fraction of sp³-hybridized carbons (Fsp3) is 0.643. The van der Waals surface area contributed by atoms with Crippen LogP contribution in [0.25, 0.3) is 0 Å². The Morgan fingerprint density at radius 3 is 2.90 bits per heavy atom. The average molecular weight is 303 g/mol. The molecule has 0 unspecified atom stereocenters. The van der Waals surface area contributed by atoms with E-state index in [2.05, 4.69) is 15.2 Å².